The van der Waals surface area contributed by atoms with Crippen LogP contribution in [0, 0.1) is 12.3 Å². The Morgan fingerprint density at radius 1 is 1.45 bits per heavy atom. The Bertz CT molecular complexity index is 514. The van der Waals surface area contributed by atoms with Crippen LogP contribution in [0.3, 0.4) is 0 Å². The summed E-state index contributed by atoms with van der Waals surface area (Å²) in [6.07, 6.45) is 10.4. The van der Waals surface area contributed by atoms with Crippen LogP contribution in [-0.2, 0) is 4.74 Å². The summed E-state index contributed by atoms with van der Waals surface area (Å²) in [7, 11) is 0. The highest BCUT2D eigenvalue weighted by atomic mass is 16.6. The van der Waals surface area contributed by atoms with Gasteiger partial charge >= 0.3 is 6.09 Å². The highest BCUT2D eigenvalue weighted by molar-refractivity contribution is 5.68. The van der Waals surface area contributed by atoms with Gasteiger partial charge in [-0.1, -0.05) is 5.92 Å². The van der Waals surface area contributed by atoms with E-state index in [1.165, 1.54) is 0 Å². The van der Waals surface area contributed by atoms with E-state index in [2.05, 4.69) is 11.0 Å². The molecule has 1 saturated heterocycles. The zero-order valence-corrected chi connectivity index (χ0v) is 12.3. The first-order valence-corrected chi connectivity index (χ1v) is 6.88. The number of nitrogens with zero attached hydrogens (tertiary/aromatic N) is 3. The molecule has 1 amide bonds. The number of hydrogen-bond donors (Lipinski definition) is 0. The van der Waals surface area contributed by atoms with E-state index in [1.807, 2.05) is 31.6 Å². The van der Waals surface area contributed by atoms with Crippen molar-refractivity contribution >= 4 is 6.09 Å². The monoisotopic (exact) mass is 275 g/mol. The van der Waals surface area contributed by atoms with Gasteiger partial charge < -0.3 is 9.64 Å². The summed E-state index contributed by atoms with van der Waals surface area (Å²) in [5, 5.41) is 4.28. The van der Waals surface area contributed by atoms with E-state index in [4.69, 9.17) is 11.2 Å². The van der Waals surface area contributed by atoms with Gasteiger partial charge in [0.1, 0.15) is 5.60 Å². The van der Waals surface area contributed by atoms with E-state index in [-0.39, 0.29) is 6.09 Å². The molecule has 0 aliphatic carbocycles. The van der Waals surface area contributed by atoms with Crippen LogP contribution in [0.15, 0.2) is 12.4 Å². The van der Waals surface area contributed by atoms with Gasteiger partial charge in [0.2, 0.25) is 0 Å². The van der Waals surface area contributed by atoms with E-state index < -0.39 is 5.60 Å². The molecule has 0 unspecified atom stereocenters. The third-order valence-corrected chi connectivity index (χ3v) is 3.26. The molecular weight excluding hydrogens is 254 g/mol. The van der Waals surface area contributed by atoms with E-state index >= 15 is 0 Å². The van der Waals surface area contributed by atoms with Gasteiger partial charge in [0.05, 0.1) is 17.8 Å². The average molecular weight is 275 g/mol. The standard InChI is InChI=1S/C15H21N3O2/c1-5-12-10-16-18(11-12)13-6-8-17(9-7-13)14(19)20-15(2,3)4/h1,10-11,13H,6-9H2,2-4H3. The first-order valence-electron chi connectivity index (χ1n) is 6.88. The minimum absolute atomic E-state index is 0.235. The van der Waals surface area contributed by atoms with Gasteiger partial charge in [-0.05, 0) is 33.6 Å². The molecule has 0 atom stereocenters. The lowest BCUT2D eigenvalue weighted by molar-refractivity contribution is 0.0185. The quantitative estimate of drug-likeness (QED) is 0.740. The molecule has 0 aromatic carbocycles. The SMILES string of the molecule is C#Cc1cnn(C2CCN(C(=O)OC(C)(C)C)CC2)c1. The molecule has 1 fully saturated rings. The van der Waals surface area contributed by atoms with Gasteiger partial charge in [-0.3, -0.25) is 4.68 Å². The van der Waals surface area contributed by atoms with Crippen LogP contribution in [0.5, 0.6) is 0 Å². The van der Waals surface area contributed by atoms with Crippen molar-refractivity contribution in [2.24, 2.45) is 0 Å². The molecule has 1 aromatic heterocycles. The van der Waals surface area contributed by atoms with Crippen LogP contribution < -0.4 is 0 Å². The minimum atomic E-state index is -0.447. The highest BCUT2D eigenvalue weighted by Gasteiger charge is 2.27. The Balaban J connectivity index is 1.89. The van der Waals surface area contributed by atoms with Crippen molar-refractivity contribution in [3.63, 3.8) is 0 Å². The van der Waals surface area contributed by atoms with Gasteiger partial charge in [0.15, 0.2) is 0 Å². The number of amides is 1. The topological polar surface area (TPSA) is 47.4 Å². The van der Waals surface area contributed by atoms with Crippen LogP contribution in [0.25, 0.3) is 0 Å². The van der Waals surface area contributed by atoms with E-state index in [9.17, 15) is 4.79 Å². The van der Waals surface area contributed by atoms with Crippen molar-refractivity contribution < 1.29 is 9.53 Å². The molecule has 20 heavy (non-hydrogen) atoms. The largest absolute Gasteiger partial charge is 0.444 e. The fourth-order valence-electron chi connectivity index (χ4n) is 2.25. The second-order valence-corrected chi connectivity index (χ2v) is 6.05. The number of carbonyl (C=O) groups is 1. The van der Waals surface area contributed by atoms with Crippen LogP contribution >= 0.6 is 0 Å². The van der Waals surface area contributed by atoms with Crippen molar-refractivity contribution in [3.8, 4) is 12.3 Å². The number of rotatable bonds is 1. The molecule has 0 radical (unpaired) electrons. The van der Waals surface area contributed by atoms with Crippen molar-refractivity contribution in [2.45, 2.75) is 45.3 Å². The molecule has 2 rings (SSSR count). The molecule has 0 spiro atoms. The van der Waals surface area contributed by atoms with Gasteiger partial charge in [-0.2, -0.15) is 5.10 Å². The van der Waals surface area contributed by atoms with E-state index in [0.717, 1.165) is 18.4 Å². The summed E-state index contributed by atoms with van der Waals surface area (Å²) >= 11 is 0. The molecule has 2 heterocycles. The van der Waals surface area contributed by atoms with Gasteiger partial charge in [-0.15, -0.1) is 6.42 Å². The average Bonchev–Trinajstić information content (AvgIpc) is 2.85. The Morgan fingerprint density at radius 3 is 2.60 bits per heavy atom. The Hall–Kier alpha value is -1.96. The Morgan fingerprint density at radius 2 is 2.10 bits per heavy atom. The number of hydrogen-bond acceptors (Lipinski definition) is 3. The van der Waals surface area contributed by atoms with Crippen LogP contribution in [0.1, 0.15) is 45.2 Å². The minimum Gasteiger partial charge on any atom is -0.444 e. The second-order valence-electron chi connectivity index (χ2n) is 6.05. The molecule has 5 nitrogen and oxygen atoms in total. The summed E-state index contributed by atoms with van der Waals surface area (Å²) < 4.78 is 7.28. The maximum Gasteiger partial charge on any atom is 0.410 e. The molecule has 0 N–H and O–H groups in total. The van der Waals surface area contributed by atoms with Crippen molar-refractivity contribution in [3.05, 3.63) is 18.0 Å². The Kier molecular flexibility index (Phi) is 4.03. The molecule has 1 aliphatic heterocycles. The molecule has 0 saturated carbocycles. The number of likely N-dealkylation sites (tertiary alicyclic amines) is 1. The first kappa shape index (κ1) is 14.4. The lowest BCUT2D eigenvalue weighted by atomic mass is 10.1. The van der Waals surface area contributed by atoms with Crippen molar-refractivity contribution in [2.75, 3.05) is 13.1 Å². The van der Waals surface area contributed by atoms with Gasteiger partial charge in [-0.25, -0.2) is 4.79 Å². The third kappa shape index (κ3) is 3.53. The van der Waals surface area contributed by atoms with Crippen LogP contribution in [-0.4, -0.2) is 39.5 Å². The molecule has 5 heteroatoms. The summed E-state index contributed by atoms with van der Waals surface area (Å²) in [6.45, 7) is 7.00. The summed E-state index contributed by atoms with van der Waals surface area (Å²) in [5.74, 6) is 2.57. The van der Waals surface area contributed by atoms with Gasteiger partial charge in [0.25, 0.3) is 0 Å². The number of carbonyl (C=O) groups excluding carboxylic acids is 1. The number of piperidine rings is 1. The smallest absolute Gasteiger partial charge is 0.410 e. The van der Waals surface area contributed by atoms with Crippen LogP contribution in [0.2, 0.25) is 0 Å². The number of aromatic nitrogens is 2. The molecule has 1 aromatic rings. The molecular formula is C15H21N3O2. The molecule has 1 aliphatic rings. The first-order chi connectivity index (χ1) is 9.39. The Labute approximate surface area is 119 Å². The van der Waals surface area contributed by atoms with E-state index in [1.54, 1.807) is 11.1 Å². The fraction of sp³-hybridized carbons (Fsp3) is 0.600. The van der Waals surface area contributed by atoms with Crippen molar-refractivity contribution in [1.29, 1.82) is 0 Å². The fourth-order valence-corrected chi connectivity index (χ4v) is 2.25. The highest BCUT2D eigenvalue weighted by Crippen LogP contribution is 2.23. The van der Waals surface area contributed by atoms with Crippen LogP contribution in [0.4, 0.5) is 4.79 Å². The number of ether oxygens (including phenoxy) is 1. The predicted molar refractivity (Wildman–Crippen MR) is 76.2 cm³/mol. The summed E-state index contributed by atoms with van der Waals surface area (Å²) in [5.41, 5.74) is 0.344. The third-order valence-electron chi connectivity index (χ3n) is 3.26. The molecule has 108 valence electrons. The second kappa shape index (κ2) is 5.58. The maximum atomic E-state index is 12.0. The normalized spacial score (nSPS) is 16.8. The zero-order chi connectivity index (χ0) is 14.8. The number of terminal acetylenes is 1. The zero-order valence-electron chi connectivity index (χ0n) is 12.3. The summed E-state index contributed by atoms with van der Waals surface area (Å²) in [4.78, 5) is 13.7. The summed E-state index contributed by atoms with van der Waals surface area (Å²) in [6, 6.07) is 0.302. The van der Waals surface area contributed by atoms with Gasteiger partial charge in [0, 0.05) is 19.3 Å². The van der Waals surface area contributed by atoms with Crippen molar-refractivity contribution in [1.82, 2.24) is 14.7 Å². The predicted octanol–water partition coefficient (Wildman–Crippen LogP) is 2.44. The lowest BCUT2D eigenvalue weighted by Gasteiger charge is -2.33. The lowest BCUT2D eigenvalue weighted by Crippen LogP contribution is -2.42. The maximum absolute atomic E-state index is 12.0. The molecule has 0 bridgehead atoms. The van der Waals surface area contributed by atoms with E-state index in [0.29, 0.717) is 19.1 Å².